The van der Waals surface area contributed by atoms with E-state index >= 15 is 0 Å². The van der Waals surface area contributed by atoms with Gasteiger partial charge in [0.1, 0.15) is 0 Å². The zero-order valence-electron chi connectivity index (χ0n) is 16.9. The van der Waals surface area contributed by atoms with Crippen molar-refractivity contribution in [1.82, 2.24) is 10.0 Å². The van der Waals surface area contributed by atoms with Crippen LogP contribution in [0, 0.1) is 10.1 Å². The number of nitro benzene ring substituents is 1. The van der Waals surface area contributed by atoms with E-state index in [9.17, 15) is 19.7 Å². The summed E-state index contributed by atoms with van der Waals surface area (Å²) in [6, 6.07) is 16.1. The number of ketones is 1. The summed E-state index contributed by atoms with van der Waals surface area (Å²) in [6.45, 7) is 0. The summed E-state index contributed by atoms with van der Waals surface area (Å²) in [4.78, 5) is 36.9. The molecular formula is C23H23N3O4. The minimum absolute atomic E-state index is 0.0101. The second-order valence-electron chi connectivity index (χ2n) is 7.96. The molecule has 7 nitrogen and oxygen atoms in total. The molecule has 0 bridgehead atoms. The molecule has 1 amide bonds. The molecule has 7 heteroatoms. The Labute approximate surface area is 174 Å². The molecule has 0 unspecified atom stereocenters. The number of rotatable bonds is 4. The first-order valence-corrected chi connectivity index (χ1v) is 9.92. The molecule has 0 saturated heterocycles. The van der Waals surface area contributed by atoms with Gasteiger partial charge in [-0.25, -0.2) is 10.0 Å². The molecule has 0 saturated carbocycles. The van der Waals surface area contributed by atoms with Crippen LogP contribution in [-0.4, -0.2) is 40.7 Å². The smallest absolute Gasteiger partial charge is 0.269 e. The van der Waals surface area contributed by atoms with Gasteiger partial charge in [0.25, 0.3) is 5.69 Å². The van der Waals surface area contributed by atoms with Crippen molar-refractivity contribution in [2.75, 3.05) is 14.1 Å². The Hall–Kier alpha value is -3.32. The van der Waals surface area contributed by atoms with E-state index in [0.29, 0.717) is 18.4 Å². The molecule has 30 heavy (non-hydrogen) atoms. The van der Waals surface area contributed by atoms with Crippen LogP contribution in [0.2, 0.25) is 0 Å². The van der Waals surface area contributed by atoms with Gasteiger partial charge < -0.3 is 0 Å². The number of benzene rings is 2. The van der Waals surface area contributed by atoms with Crippen LogP contribution in [0.5, 0.6) is 0 Å². The van der Waals surface area contributed by atoms with Gasteiger partial charge >= 0.3 is 0 Å². The van der Waals surface area contributed by atoms with E-state index in [4.69, 9.17) is 0 Å². The van der Waals surface area contributed by atoms with Gasteiger partial charge in [0.2, 0.25) is 5.91 Å². The Bertz CT molecular complexity index is 1030. The zero-order chi connectivity index (χ0) is 21.4. The van der Waals surface area contributed by atoms with Crippen molar-refractivity contribution >= 4 is 17.4 Å². The Balaban J connectivity index is 1.78. The molecule has 0 spiro atoms. The monoisotopic (exact) mass is 405 g/mol. The van der Waals surface area contributed by atoms with Gasteiger partial charge in [0.05, 0.1) is 4.92 Å². The quantitative estimate of drug-likeness (QED) is 0.571. The fourth-order valence-corrected chi connectivity index (χ4v) is 4.56. The number of carbonyl (C=O) groups excluding carboxylic acids is 2. The van der Waals surface area contributed by atoms with E-state index in [1.165, 1.54) is 12.1 Å². The van der Waals surface area contributed by atoms with Gasteiger partial charge in [-0.05, 0) is 23.5 Å². The third kappa shape index (κ3) is 3.52. The minimum Gasteiger partial charge on any atom is -0.294 e. The predicted octanol–water partition coefficient (Wildman–Crippen LogP) is 3.79. The standard InChI is InChI=1S/C23H23N3O4/c1-24(2)25-20-12-17(15-6-4-3-5-7-15)13-21(27)23(20)19(14-22(25)28)16-8-10-18(11-9-16)26(29)30/h3-11,17,19H,12-14H2,1-2H3/t17-,19-/m1/s1. The van der Waals surface area contributed by atoms with Crippen LogP contribution in [0.1, 0.15) is 42.2 Å². The van der Waals surface area contributed by atoms with Gasteiger partial charge in [0.15, 0.2) is 5.78 Å². The fraction of sp³-hybridized carbons (Fsp3) is 0.304. The van der Waals surface area contributed by atoms with E-state index in [1.54, 1.807) is 36.2 Å². The van der Waals surface area contributed by atoms with E-state index < -0.39 is 4.92 Å². The molecule has 2 aromatic carbocycles. The molecule has 2 atom stereocenters. The number of non-ortho nitro benzene ring substituents is 1. The number of hydrogen-bond donors (Lipinski definition) is 0. The highest BCUT2D eigenvalue weighted by Crippen LogP contribution is 2.45. The summed E-state index contributed by atoms with van der Waals surface area (Å²) < 4.78 is 0. The highest BCUT2D eigenvalue weighted by molar-refractivity contribution is 6.02. The lowest BCUT2D eigenvalue weighted by Crippen LogP contribution is -2.47. The van der Waals surface area contributed by atoms with Crippen molar-refractivity contribution in [2.24, 2.45) is 0 Å². The van der Waals surface area contributed by atoms with E-state index in [0.717, 1.165) is 16.8 Å². The lowest BCUT2D eigenvalue weighted by molar-refractivity contribution is -0.384. The van der Waals surface area contributed by atoms with Gasteiger partial charge in [-0.2, -0.15) is 0 Å². The van der Waals surface area contributed by atoms with Crippen LogP contribution < -0.4 is 0 Å². The second-order valence-corrected chi connectivity index (χ2v) is 7.96. The van der Waals surface area contributed by atoms with Gasteiger partial charge in [0, 0.05) is 56.3 Å². The summed E-state index contributed by atoms with van der Waals surface area (Å²) >= 11 is 0. The third-order valence-corrected chi connectivity index (χ3v) is 5.88. The highest BCUT2D eigenvalue weighted by Gasteiger charge is 2.42. The van der Waals surface area contributed by atoms with Crippen molar-refractivity contribution in [1.29, 1.82) is 0 Å². The Kier molecular flexibility index (Phi) is 5.22. The van der Waals surface area contributed by atoms with Gasteiger partial charge in [-0.15, -0.1) is 0 Å². The average Bonchev–Trinajstić information content (AvgIpc) is 2.73. The summed E-state index contributed by atoms with van der Waals surface area (Å²) in [5, 5.41) is 14.3. The maximum atomic E-state index is 13.3. The molecule has 0 radical (unpaired) electrons. The first-order valence-electron chi connectivity index (χ1n) is 9.92. The lowest BCUT2D eigenvalue weighted by Gasteiger charge is -2.42. The molecule has 1 aliphatic carbocycles. The Morgan fingerprint density at radius 1 is 0.933 bits per heavy atom. The van der Waals surface area contributed by atoms with Gasteiger partial charge in [-0.3, -0.25) is 19.7 Å². The summed E-state index contributed by atoms with van der Waals surface area (Å²) in [6.07, 6.45) is 1.15. The Morgan fingerprint density at radius 2 is 1.60 bits per heavy atom. The molecule has 1 aliphatic heterocycles. The summed E-state index contributed by atoms with van der Waals surface area (Å²) in [5.74, 6) is -0.409. The summed E-state index contributed by atoms with van der Waals surface area (Å²) in [5.41, 5.74) is 3.23. The van der Waals surface area contributed by atoms with E-state index in [-0.39, 0.29) is 35.6 Å². The molecule has 0 aromatic heterocycles. The van der Waals surface area contributed by atoms with Crippen molar-refractivity contribution in [2.45, 2.75) is 31.1 Å². The minimum atomic E-state index is -0.454. The van der Waals surface area contributed by atoms with Crippen molar-refractivity contribution in [3.8, 4) is 0 Å². The maximum absolute atomic E-state index is 13.3. The van der Waals surface area contributed by atoms with Crippen LogP contribution in [0.25, 0.3) is 0 Å². The number of amides is 1. The molecule has 2 aromatic rings. The second kappa shape index (κ2) is 7.84. The van der Waals surface area contributed by atoms with Crippen LogP contribution in [0.4, 0.5) is 5.69 Å². The zero-order valence-corrected chi connectivity index (χ0v) is 16.9. The number of allylic oxidation sites excluding steroid dienone is 2. The first-order chi connectivity index (χ1) is 14.4. The number of nitrogens with zero attached hydrogens (tertiary/aromatic N) is 3. The van der Waals surface area contributed by atoms with E-state index in [2.05, 4.69) is 0 Å². The van der Waals surface area contributed by atoms with Crippen LogP contribution in [0.3, 0.4) is 0 Å². The molecule has 1 heterocycles. The number of hydrogen-bond acceptors (Lipinski definition) is 5. The highest BCUT2D eigenvalue weighted by atomic mass is 16.6. The van der Waals surface area contributed by atoms with Crippen molar-refractivity contribution < 1.29 is 14.5 Å². The summed E-state index contributed by atoms with van der Waals surface area (Å²) in [7, 11) is 3.59. The number of Topliss-reactive ketones (excluding diaryl/α,β-unsaturated/α-hetero) is 1. The van der Waals surface area contributed by atoms with Crippen LogP contribution in [-0.2, 0) is 9.59 Å². The van der Waals surface area contributed by atoms with Crippen molar-refractivity contribution in [3.05, 3.63) is 87.1 Å². The molecule has 154 valence electrons. The fourth-order valence-electron chi connectivity index (χ4n) is 4.56. The van der Waals surface area contributed by atoms with E-state index in [1.807, 2.05) is 30.3 Å². The van der Waals surface area contributed by atoms with Gasteiger partial charge in [-0.1, -0.05) is 42.5 Å². The number of nitro groups is 1. The lowest BCUT2D eigenvalue weighted by atomic mass is 9.73. The Morgan fingerprint density at radius 3 is 2.20 bits per heavy atom. The normalized spacial score (nSPS) is 21.8. The number of carbonyl (C=O) groups is 2. The largest absolute Gasteiger partial charge is 0.294 e. The average molecular weight is 405 g/mol. The predicted molar refractivity (Wildman–Crippen MR) is 111 cm³/mol. The number of hydrazine groups is 1. The molecule has 0 N–H and O–H groups in total. The molecule has 2 aliphatic rings. The third-order valence-electron chi connectivity index (χ3n) is 5.88. The topological polar surface area (TPSA) is 83.8 Å². The first kappa shape index (κ1) is 20.0. The maximum Gasteiger partial charge on any atom is 0.269 e. The molecule has 4 rings (SSSR count). The van der Waals surface area contributed by atoms with Crippen LogP contribution >= 0.6 is 0 Å². The SMILES string of the molecule is CN(C)N1C(=O)C[C@H](c2ccc([N+](=O)[O-])cc2)C2=C1C[C@@H](c1ccccc1)CC2=O. The van der Waals surface area contributed by atoms with Crippen LogP contribution in [0.15, 0.2) is 65.9 Å². The molecule has 0 fully saturated rings. The van der Waals surface area contributed by atoms with Crippen molar-refractivity contribution in [3.63, 3.8) is 0 Å². The molecular weight excluding hydrogens is 382 g/mol.